The van der Waals surface area contributed by atoms with E-state index in [0.717, 1.165) is 6.07 Å². The molecule has 0 saturated carbocycles. The number of aromatic nitrogens is 2. The maximum Gasteiger partial charge on any atom is 0.340 e. The highest BCUT2D eigenvalue weighted by Gasteiger charge is 2.18. The van der Waals surface area contributed by atoms with Gasteiger partial charge in [0.25, 0.3) is 0 Å². The van der Waals surface area contributed by atoms with Crippen LogP contribution >= 0.6 is 0 Å². The third-order valence-corrected chi connectivity index (χ3v) is 2.94. The number of carboxylic acids is 1. The van der Waals surface area contributed by atoms with Gasteiger partial charge in [0.15, 0.2) is 0 Å². The van der Waals surface area contributed by atoms with Crippen LogP contribution in [0.15, 0.2) is 24.5 Å². The van der Waals surface area contributed by atoms with Crippen molar-refractivity contribution in [1.82, 2.24) is 9.78 Å². The largest absolute Gasteiger partial charge is 0.478 e. The van der Waals surface area contributed by atoms with Crippen LogP contribution in [0.4, 0.5) is 10.1 Å². The third kappa shape index (κ3) is 2.49. The zero-order valence-corrected chi connectivity index (χ0v) is 11.5. The Morgan fingerprint density at radius 2 is 2.00 bits per heavy atom. The molecule has 0 bridgehead atoms. The van der Waals surface area contributed by atoms with Crippen molar-refractivity contribution in [3.63, 3.8) is 0 Å². The van der Waals surface area contributed by atoms with Crippen molar-refractivity contribution in [3.8, 4) is 11.1 Å². The second-order valence-corrected chi connectivity index (χ2v) is 5.57. The Kier molecular flexibility index (Phi) is 3.25. The fourth-order valence-corrected chi connectivity index (χ4v) is 1.86. The molecule has 0 aliphatic rings. The Morgan fingerprint density at radius 3 is 2.45 bits per heavy atom. The summed E-state index contributed by atoms with van der Waals surface area (Å²) in [7, 11) is 0. The summed E-state index contributed by atoms with van der Waals surface area (Å²) in [6.45, 7) is 5.98. The standard InChI is InChI=1S/C14H16FN3O2/c1-14(2,3)18-7-9(6-17-18)8-4-10(15)12(13(19)20)11(16)5-8/h4-7H,16H2,1-3H3,(H,19,20). The normalized spacial score (nSPS) is 11.6. The third-order valence-electron chi connectivity index (χ3n) is 2.94. The van der Waals surface area contributed by atoms with Gasteiger partial charge in [0.05, 0.1) is 11.7 Å². The van der Waals surface area contributed by atoms with Gasteiger partial charge in [0.2, 0.25) is 0 Å². The van der Waals surface area contributed by atoms with Crippen molar-refractivity contribution in [2.75, 3.05) is 5.73 Å². The number of carbonyl (C=O) groups is 1. The smallest absolute Gasteiger partial charge is 0.340 e. The molecule has 2 aromatic rings. The molecule has 0 amide bonds. The Labute approximate surface area is 115 Å². The monoisotopic (exact) mass is 277 g/mol. The van der Waals surface area contributed by atoms with Crippen molar-refractivity contribution in [1.29, 1.82) is 0 Å². The van der Waals surface area contributed by atoms with Crippen LogP contribution in [0, 0.1) is 5.82 Å². The number of halogens is 1. The lowest BCUT2D eigenvalue weighted by molar-refractivity contribution is 0.0693. The van der Waals surface area contributed by atoms with Crippen LogP contribution in [0.3, 0.4) is 0 Å². The molecule has 0 unspecified atom stereocenters. The van der Waals surface area contributed by atoms with Crippen molar-refractivity contribution >= 4 is 11.7 Å². The molecule has 5 nitrogen and oxygen atoms in total. The van der Waals surface area contributed by atoms with Crippen molar-refractivity contribution in [3.05, 3.63) is 35.9 Å². The van der Waals surface area contributed by atoms with Gasteiger partial charge >= 0.3 is 5.97 Å². The van der Waals surface area contributed by atoms with E-state index < -0.39 is 17.3 Å². The van der Waals surface area contributed by atoms with Crippen LogP contribution in [0.2, 0.25) is 0 Å². The minimum Gasteiger partial charge on any atom is -0.478 e. The first kappa shape index (κ1) is 14.0. The van der Waals surface area contributed by atoms with E-state index in [0.29, 0.717) is 11.1 Å². The molecule has 106 valence electrons. The van der Waals surface area contributed by atoms with Gasteiger partial charge < -0.3 is 10.8 Å². The Bertz CT molecular complexity index is 648. The van der Waals surface area contributed by atoms with E-state index in [1.165, 1.54) is 6.07 Å². The minimum atomic E-state index is -1.38. The predicted molar refractivity (Wildman–Crippen MR) is 74.0 cm³/mol. The number of carboxylic acid groups (broad SMARTS) is 1. The Balaban J connectivity index is 2.49. The zero-order valence-electron chi connectivity index (χ0n) is 11.5. The number of anilines is 1. The molecule has 1 heterocycles. The Hall–Kier alpha value is -2.37. The van der Waals surface area contributed by atoms with Gasteiger partial charge in [-0.3, -0.25) is 4.68 Å². The summed E-state index contributed by atoms with van der Waals surface area (Å²) in [5.74, 6) is -2.23. The van der Waals surface area contributed by atoms with Crippen molar-refractivity contribution < 1.29 is 14.3 Å². The second-order valence-electron chi connectivity index (χ2n) is 5.57. The van der Waals surface area contributed by atoms with Gasteiger partial charge in [-0.2, -0.15) is 5.10 Å². The number of rotatable bonds is 2. The van der Waals surface area contributed by atoms with Gasteiger partial charge in [-0.1, -0.05) is 0 Å². The zero-order chi connectivity index (χ0) is 15.1. The number of nitrogens with zero attached hydrogens (tertiary/aromatic N) is 2. The Morgan fingerprint density at radius 1 is 1.35 bits per heavy atom. The highest BCUT2D eigenvalue weighted by Crippen LogP contribution is 2.27. The van der Waals surface area contributed by atoms with E-state index in [9.17, 15) is 9.18 Å². The molecule has 0 aliphatic carbocycles. The summed E-state index contributed by atoms with van der Waals surface area (Å²) in [5.41, 5.74) is 5.99. The maximum atomic E-state index is 13.8. The topological polar surface area (TPSA) is 81.1 Å². The first-order chi connectivity index (χ1) is 9.20. The molecule has 3 N–H and O–H groups in total. The molecule has 0 aliphatic heterocycles. The molecule has 20 heavy (non-hydrogen) atoms. The molecule has 6 heteroatoms. The average molecular weight is 277 g/mol. The molecule has 1 aromatic carbocycles. The van der Waals surface area contributed by atoms with Crippen LogP contribution in [0.1, 0.15) is 31.1 Å². The van der Waals surface area contributed by atoms with E-state index in [4.69, 9.17) is 10.8 Å². The molecular weight excluding hydrogens is 261 g/mol. The molecule has 0 saturated heterocycles. The molecule has 0 fully saturated rings. The summed E-state index contributed by atoms with van der Waals surface area (Å²) in [6.07, 6.45) is 3.37. The SMILES string of the molecule is CC(C)(C)n1cc(-c2cc(N)c(C(=O)O)c(F)c2)cn1. The fraction of sp³-hybridized carbons (Fsp3) is 0.286. The van der Waals surface area contributed by atoms with Crippen molar-refractivity contribution in [2.24, 2.45) is 0 Å². The van der Waals surface area contributed by atoms with E-state index >= 15 is 0 Å². The van der Waals surface area contributed by atoms with E-state index in [2.05, 4.69) is 5.10 Å². The van der Waals surface area contributed by atoms with Gasteiger partial charge in [0, 0.05) is 17.4 Å². The predicted octanol–water partition coefficient (Wildman–Crippen LogP) is 2.72. The molecule has 1 aromatic heterocycles. The summed E-state index contributed by atoms with van der Waals surface area (Å²) in [4.78, 5) is 10.9. The number of nitrogens with two attached hydrogens (primary N) is 1. The quantitative estimate of drug-likeness (QED) is 0.827. The highest BCUT2D eigenvalue weighted by molar-refractivity contribution is 5.95. The number of nitrogen functional groups attached to an aromatic ring is 1. The van der Waals surface area contributed by atoms with Crippen LogP contribution < -0.4 is 5.73 Å². The molecule has 2 rings (SSSR count). The average Bonchev–Trinajstić information content (AvgIpc) is 2.75. The summed E-state index contributed by atoms with van der Waals surface area (Å²) < 4.78 is 15.6. The molecule has 0 spiro atoms. The molecule has 0 radical (unpaired) electrons. The highest BCUT2D eigenvalue weighted by atomic mass is 19.1. The van der Waals surface area contributed by atoms with E-state index in [1.54, 1.807) is 17.1 Å². The van der Waals surface area contributed by atoms with Gasteiger partial charge in [-0.15, -0.1) is 0 Å². The van der Waals surface area contributed by atoms with Gasteiger partial charge in [0.1, 0.15) is 11.4 Å². The van der Waals surface area contributed by atoms with Crippen molar-refractivity contribution in [2.45, 2.75) is 26.3 Å². The van der Waals surface area contributed by atoms with E-state index in [-0.39, 0.29) is 11.2 Å². The van der Waals surface area contributed by atoms with Gasteiger partial charge in [-0.05, 0) is 38.5 Å². The lowest BCUT2D eigenvalue weighted by Crippen LogP contribution is -2.21. The number of benzene rings is 1. The van der Waals surface area contributed by atoms with Crippen LogP contribution in [0.5, 0.6) is 0 Å². The number of hydrogen-bond donors (Lipinski definition) is 2. The summed E-state index contributed by atoms with van der Waals surface area (Å²) in [6, 6.07) is 2.60. The number of aromatic carboxylic acids is 1. The minimum absolute atomic E-state index is 0.101. The lowest BCUT2D eigenvalue weighted by atomic mass is 10.0. The van der Waals surface area contributed by atoms with E-state index in [1.807, 2.05) is 20.8 Å². The lowest BCUT2D eigenvalue weighted by Gasteiger charge is -2.18. The van der Waals surface area contributed by atoms with Gasteiger partial charge in [-0.25, -0.2) is 9.18 Å². The van der Waals surface area contributed by atoms with Crippen LogP contribution in [-0.2, 0) is 5.54 Å². The van der Waals surface area contributed by atoms with Crippen LogP contribution in [-0.4, -0.2) is 20.9 Å². The molecule has 0 atom stereocenters. The summed E-state index contributed by atoms with van der Waals surface area (Å²) >= 11 is 0. The van der Waals surface area contributed by atoms with Crippen LogP contribution in [0.25, 0.3) is 11.1 Å². The summed E-state index contributed by atoms with van der Waals surface area (Å²) in [5, 5.41) is 13.1. The first-order valence-electron chi connectivity index (χ1n) is 6.08. The fourth-order valence-electron chi connectivity index (χ4n) is 1.86. The number of hydrogen-bond acceptors (Lipinski definition) is 3. The second kappa shape index (κ2) is 4.63. The molecular formula is C14H16FN3O2. The first-order valence-corrected chi connectivity index (χ1v) is 6.08. The maximum absolute atomic E-state index is 13.8.